The van der Waals surface area contributed by atoms with Crippen molar-refractivity contribution in [1.29, 1.82) is 0 Å². The summed E-state index contributed by atoms with van der Waals surface area (Å²) in [7, 11) is -1.99. The summed E-state index contributed by atoms with van der Waals surface area (Å²) in [6, 6.07) is 11.3. The second kappa shape index (κ2) is 8.07. The molecule has 30 heavy (non-hydrogen) atoms. The SMILES string of the molecule is CCCCCc1cc2c(c(O[Si](C)(C)C(C)(C)C)c1)-c1cc(C)ccc1C(C)(C)O2. The van der Waals surface area contributed by atoms with Crippen LogP contribution in [0.4, 0.5) is 0 Å². The van der Waals surface area contributed by atoms with Crippen molar-refractivity contribution in [3.05, 3.63) is 47.0 Å². The number of benzene rings is 2. The lowest BCUT2D eigenvalue weighted by molar-refractivity contribution is 0.105. The van der Waals surface area contributed by atoms with Gasteiger partial charge in [0.15, 0.2) is 0 Å². The van der Waals surface area contributed by atoms with E-state index in [9.17, 15) is 0 Å². The van der Waals surface area contributed by atoms with Crippen molar-refractivity contribution in [1.82, 2.24) is 0 Å². The van der Waals surface area contributed by atoms with Crippen LogP contribution in [0.1, 0.15) is 77.5 Å². The Kier molecular flexibility index (Phi) is 6.17. The Balaban J connectivity index is 2.19. The molecule has 0 fully saturated rings. The molecule has 0 bridgehead atoms. The zero-order chi connectivity index (χ0) is 22.3. The minimum Gasteiger partial charge on any atom is -0.543 e. The van der Waals surface area contributed by atoms with Crippen LogP contribution in [0.2, 0.25) is 18.1 Å². The molecule has 1 aliphatic heterocycles. The molecule has 0 saturated heterocycles. The Bertz CT molecular complexity index is 919. The van der Waals surface area contributed by atoms with E-state index >= 15 is 0 Å². The van der Waals surface area contributed by atoms with Gasteiger partial charge in [-0.2, -0.15) is 0 Å². The molecule has 0 spiro atoms. The first-order valence-corrected chi connectivity index (χ1v) is 14.4. The van der Waals surface area contributed by atoms with Gasteiger partial charge in [0.05, 0.1) is 5.56 Å². The predicted molar refractivity (Wildman–Crippen MR) is 131 cm³/mol. The summed E-state index contributed by atoms with van der Waals surface area (Å²) in [5, 5.41) is 0.141. The monoisotopic (exact) mass is 424 g/mol. The first-order chi connectivity index (χ1) is 13.9. The van der Waals surface area contributed by atoms with Crippen LogP contribution in [0.15, 0.2) is 30.3 Å². The fourth-order valence-corrected chi connectivity index (χ4v) is 4.96. The molecule has 0 amide bonds. The van der Waals surface area contributed by atoms with Gasteiger partial charge in [-0.1, -0.05) is 64.3 Å². The maximum atomic E-state index is 6.94. The van der Waals surface area contributed by atoms with Crippen molar-refractivity contribution in [3.8, 4) is 22.6 Å². The minimum absolute atomic E-state index is 0.141. The van der Waals surface area contributed by atoms with Crippen molar-refractivity contribution in [2.45, 2.75) is 97.9 Å². The molecule has 164 valence electrons. The molecule has 1 heterocycles. The lowest BCUT2D eigenvalue weighted by atomic mass is 9.84. The summed E-state index contributed by atoms with van der Waals surface area (Å²) >= 11 is 0. The van der Waals surface area contributed by atoms with E-state index in [1.54, 1.807) is 0 Å². The lowest BCUT2D eigenvalue weighted by Gasteiger charge is -2.40. The molecule has 0 radical (unpaired) electrons. The molecule has 0 aromatic heterocycles. The molecule has 0 saturated carbocycles. The van der Waals surface area contributed by atoms with Gasteiger partial charge < -0.3 is 9.16 Å². The molecule has 0 aliphatic carbocycles. The van der Waals surface area contributed by atoms with Crippen LogP contribution in [0, 0.1) is 6.92 Å². The molecule has 2 nitrogen and oxygen atoms in total. The number of hydrogen-bond donors (Lipinski definition) is 0. The van der Waals surface area contributed by atoms with Gasteiger partial charge in [0.1, 0.15) is 17.1 Å². The van der Waals surface area contributed by atoms with Crippen LogP contribution < -0.4 is 9.16 Å². The van der Waals surface area contributed by atoms with Gasteiger partial charge in [0.2, 0.25) is 0 Å². The fourth-order valence-electron chi connectivity index (χ4n) is 3.94. The first kappa shape index (κ1) is 22.9. The van der Waals surface area contributed by atoms with Crippen LogP contribution in [0.25, 0.3) is 11.1 Å². The molecule has 0 atom stereocenters. The molecule has 1 aliphatic rings. The highest BCUT2D eigenvalue weighted by atomic mass is 28.4. The second-order valence-electron chi connectivity index (χ2n) is 10.9. The molecule has 2 aromatic carbocycles. The summed E-state index contributed by atoms with van der Waals surface area (Å²) in [6.45, 7) is 20.3. The van der Waals surface area contributed by atoms with E-state index in [1.165, 1.54) is 41.5 Å². The Morgan fingerprint density at radius 1 is 1.03 bits per heavy atom. The Labute approximate surface area is 185 Å². The highest BCUT2D eigenvalue weighted by Gasteiger charge is 2.41. The number of hydrogen-bond acceptors (Lipinski definition) is 2. The second-order valence-corrected chi connectivity index (χ2v) is 15.7. The summed E-state index contributed by atoms with van der Waals surface area (Å²) in [4.78, 5) is 0. The van der Waals surface area contributed by atoms with Gasteiger partial charge in [0, 0.05) is 5.56 Å². The van der Waals surface area contributed by atoms with E-state index in [2.05, 4.69) is 91.9 Å². The summed E-state index contributed by atoms with van der Waals surface area (Å²) in [5.41, 5.74) is 5.86. The number of unbranched alkanes of at least 4 members (excludes halogenated alkanes) is 2. The van der Waals surface area contributed by atoms with E-state index in [1.807, 2.05) is 0 Å². The van der Waals surface area contributed by atoms with Gasteiger partial charge in [-0.15, -0.1) is 0 Å². The summed E-state index contributed by atoms with van der Waals surface area (Å²) in [5.74, 6) is 1.98. The number of ether oxygens (including phenoxy) is 1. The molecular weight excluding hydrogens is 384 g/mol. The van der Waals surface area contributed by atoms with E-state index in [0.29, 0.717) is 0 Å². The highest BCUT2D eigenvalue weighted by molar-refractivity contribution is 6.74. The summed E-state index contributed by atoms with van der Waals surface area (Å²) < 4.78 is 13.5. The van der Waals surface area contributed by atoms with Gasteiger partial charge in [-0.25, -0.2) is 0 Å². The molecule has 2 aromatic rings. The molecule has 0 unspecified atom stereocenters. The molecule has 3 rings (SSSR count). The Hall–Kier alpha value is -1.74. The molecule has 0 N–H and O–H groups in total. The van der Waals surface area contributed by atoms with Crippen LogP contribution >= 0.6 is 0 Å². The largest absolute Gasteiger partial charge is 0.543 e. The number of fused-ring (bicyclic) bond motifs is 3. The quantitative estimate of drug-likeness (QED) is 0.342. The maximum absolute atomic E-state index is 6.94. The minimum atomic E-state index is -1.99. The van der Waals surface area contributed by atoms with Crippen molar-refractivity contribution >= 4 is 8.32 Å². The zero-order valence-corrected chi connectivity index (χ0v) is 21.5. The highest BCUT2D eigenvalue weighted by Crippen LogP contribution is 2.51. The molecular formula is C27H40O2Si. The maximum Gasteiger partial charge on any atom is 0.250 e. The first-order valence-electron chi connectivity index (χ1n) is 11.5. The fraction of sp³-hybridized carbons (Fsp3) is 0.556. The topological polar surface area (TPSA) is 18.5 Å². The standard InChI is InChI=1S/C27H40O2Si/c1-10-11-12-13-20-17-23-25(24(18-20)29-30(8,9)26(3,4)5)21-16-19(2)14-15-22(21)27(6,7)28-23/h14-18H,10-13H2,1-9H3. The number of rotatable bonds is 6. The van der Waals surface area contributed by atoms with Crippen molar-refractivity contribution in [2.24, 2.45) is 0 Å². The van der Waals surface area contributed by atoms with Crippen molar-refractivity contribution in [3.63, 3.8) is 0 Å². The average molecular weight is 425 g/mol. The smallest absolute Gasteiger partial charge is 0.250 e. The third-order valence-electron chi connectivity index (χ3n) is 6.82. The van der Waals surface area contributed by atoms with Crippen LogP contribution in [-0.2, 0) is 12.0 Å². The Morgan fingerprint density at radius 2 is 1.73 bits per heavy atom. The predicted octanol–water partition coefficient (Wildman–Crippen LogP) is 8.41. The van der Waals surface area contributed by atoms with Crippen LogP contribution in [-0.4, -0.2) is 8.32 Å². The Morgan fingerprint density at radius 3 is 2.37 bits per heavy atom. The van der Waals surface area contributed by atoms with E-state index in [-0.39, 0.29) is 10.6 Å². The van der Waals surface area contributed by atoms with Gasteiger partial charge in [-0.3, -0.25) is 0 Å². The van der Waals surface area contributed by atoms with E-state index < -0.39 is 8.32 Å². The van der Waals surface area contributed by atoms with Gasteiger partial charge in [0.25, 0.3) is 8.32 Å². The normalized spacial score (nSPS) is 15.2. The van der Waals surface area contributed by atoms with E-state index in [0.717, 1.165) is 23.5 Å². The van der Waals surface area contributed by atoms with Gasteiger partial charge >= 0.3 is 0 Å². The zero-order valence-electron chi connectivity index (χ0n) is 20.5. The van der Waals surface area contributed by atoms with Crippen molar-refractivity contribution < 1.29 is 9.16 Å². The van der Waals surface area contributed by atoms with Crippen LogP contribution in [0.3, 0.4) is 0 Å². The van der Waals surface area contributed by atoms with Crippen molar-refractivity contribution in [2.75, 3.05) is 0 Å². The third kappa shape index (κ3) is 4.46. The van der Waals surface area contributed by atoms with E-state index in [4.69, 9.17) is 9.16 Å². The lowest BCUT2D eigenvalue weighted by Crippen LogP contribution is -2.44. The van der Waals surface area contributed by atoms with Gasteiger partial charge in [-0.05, 0) is 75.0 Å². The molecule has 3 heteroatoms. The van der Waals surface area contributed by atoms with Crippen LogP contribution in [0.5, 0.6) is 11.5 Å². The average Bonchev–Trinajstić information content (AvgIpc) is 2.59. The third-order valence-corrected chi connectivity index (χ3v) is 11.2. The summed E-state index contributed by atoms with van der Waals surface area (Å²) in [6.07, 6.45) is 4.76. The number of aryl methyl sites for hydroxylation is 2.